The van der Waals surface area contributed by atoms with Crippen LogP contribution in [0.5, 0.6) is 5.75 Å². The van der Waals surface area contributed by atoms with E-state index in [2.05, 4.69) is 20.6 Å². The number of rotatable bonds is 6. The number of H-pyrrole nitrogens is 1. The molecule has 2 N–H and O–H groups in total. The summed E-state index contributed by atoms with van der Waals surface area (Å²) in [5, 5.41) is 11.2. The van der Waals surface area contributed by atoms with Gasteiger partial charge in [0.25, 0.3) is 5.56 Å². The highest BCUT2D eigenvalue weighted by atomic mass is 16.5. The first-order valence-corrected chi connectivity index (χ1v) is 12.2. The van der Waals surface area contributed by atoms with E-state index in [0.29, 0.717) is 49.1 Å². The maximum Gasteiger partial charge on any atom is 0.321 e. The lowest BCUT2D eigenvalue weighted by Crippen LogP contribution is -2.42. The second-order valence-corrected chi connectivity index (χ2v) is 9.00. The highest BCUT2D eigenvalue weighted by molar-refractivity contribution is 5.91. The molecular formula is C26H29N7O3. The zero-order valence-electron chi connectivity index (χ0n) is 20.4. The highest BCUT2D eigenvalue weighted by Crippen LogP contribution is 2.27. The first-order valence-electron chi connectivity index (χ1n) is 12.2. The quantitative estimate of drug-likeness (QED) is 0.428. The Kier molecular flexibility index (Phi) is 6.66. The first kappa shape index (κ1) is 23.5. The van der Waals surface area contributed by atoms with Crippen LogP contribution in [0.3, 0.4) is 0 Å². The number of ether oxygens (including phenoxy) is 1. The van der Waals surface area contributed by atoms with Gasteiger partial charge in [0.1, 0.15) is 11.6 Å². The van der Waals surface area contributed by atoms with E-state index in [9.17, 15) is 9.59 Å². The standard InChI is InChI=1S/C26H29N7O3/c1-3-36-21-9-5-4-8-20(21)27-26(35)32-14-6-7-19(16-32)23-28-24-22(25(34)29-23)30-31-33(24)15-18-12-10-17(2)11-13-18/h4-5,8-13,19H,3,6-7,14-16H2,1-2H3,(H,27,35)(H,28,29,34)/t19-/m0/s1. The number of nitrogens with zero attached hydrogens (tertiary/aromatic N) is 5. The van der Waals surface area contributed by atoms with Gasteiger partial charge in [-0.2, -0.15) is 0 Å². The second-order valence-electron chi connectivity index (χ2n) is 9.00. The number of urea groups is 1. The smallest absolute Gasteiger partial charge is 0.321 e. The Hall–Kier alpha value is -4.21. The number of aryl methyl sites for hydroxylation is 1. The molecule has 2 aromatic carbocycles. The molecule has 186 valence electrons. The van der Waals surface area contributed by atoms with Crippen molar-refractivity contribution < 1.29 is 9.53 Å². The van der Waals surface area contributed by atoms with Crippen molar-refractivity contribution in [3.63, 3.8) is 0 Å². The normalized spacial score (nSPS) is 15.7. The fourth-order valence-electron chi connectivity index (χ4n) is 4.48. The van der Waals surface area contributed by atoms with Crippen LogP contribution in [-0.4, -0.2) is 55.6 Å². The van der Waals surface area contributed by atoms with Crippen molar-refractivity contribution in [3.05, 3.63) is 75.8 Å². The van der Waals surface area contributed by atoms with Crippen molar-refractivity contribution in [2.45, 2.75) is 39.2 Å². The summed E-state index contributed by atoms with van der Waals surface area (Å²) < 4.78 is 7.27. The molecule has 2 amide bonds. The summed E-state index contributed by atoms with van der Waals surface area (Å²) in [5.41, 5.74) is 3.18. The zero-order valence-corrected chi connectivity index (χ0v) is 20.4. The van der Waals surface area contributed by atoms with Gasteiger partial charge in [0, 0.05) is 19.0 Å². The Morgan fingerprint density at radius 3 is 2.81 bits per heavy atom. The summed E-state index contributed by atoms with van der Waals surface area (Å²) in [5.74, 6) is 1.08. The number of likely N-dealkylation sites (tertiary alicyclic amines) is 1. The summed E-state index contributed by atoms with van der Waals surface area (Å²) in [6, 6.07) is 15.3. The van der Waals surface area contributed by atoms with E-state index in [1.807, 2.05) is 62.4 Å². The van der Waals surface area contributed by atoms with Crippen LogP contribution in [-0.2, 0) is 6.54 Å². The molecule has 10 nitrogen and oxygen atoms in total. The molecule has 0 bridgehead atoms. The van der Waals surface area contributed by atoms with Crippen molar-refractivity contribution in [1.82, 2.24) is 29.9 Å². The Balaban J connectivity index is 1.35. The van der Waals surface area contributed by atoms with Gasteiger partial charge >= 0.3 is 6.03 Å². The number of fused-ring (bicyclic) bond motifs is 1. The second kappa shape index (κ2) is 10.2. The molecule has 0 spiro atoms. The largest absolute Gasteiger partial charge is 0.492 e. The molecule has 0 radical (unpaired) electrons. The number of nitrogens with one attached hydrogen (secondary N) is 2. The Morgan fingerprint density at radius 2 is 2.00 bits per heavy atom. The third kappa shape index (κ3) is 4.93. The lowest BCUT2D eigenvalue weighted by atomic mass is 9.97. The summed E-state index contributed by atoms with van der Waals surface area (Å²) in [7, 11) is 0. The summed E-state index contributed by atoms with van der Waals surface area (Å²) in [6.07, 6.45) is 1.61. The molecule has 2 aromatic heterocycles. The van der Waals surface area contributed by atoms with Crippen molar-refractivity contribution in [1.29, 1.82) is 0 Å². The van der Waals surface area contributed by atoms with Crippen LogP contribution in [0.25, 0.3) is 11.2 Å². The molecule has 1 aliphatic rings. The SMILES string of the molecule is CCOc1ccccc1NC(=O)N1CCC[C@H](c2nc3c(nnn3Cc3ccc(C)cc3)c(=O)[nH]2)C1. The number of piperidine rings is 1. The molecule has 3 heterocycles. The Labute approximate surface area is 208 Å². The predicted octanol–water partition coefficient (Wildman–Crippen LogP) is 3.68. The monoisotopic (exact) mass is 487 g/mol. The maximum atomic E-state index is 13.1. The number of benzene rings is 2. The van der Waals surface area contributed by atoms with Crippen LogP contribution in [0.1, 0.15) is 42.6 Å². The number of hydrogen-bond acceptors (Lipinski definition) is 6. The molecule has 0 unspecified atom stereocenters. The van der Waals surface area contributed by atoms with Crippen molar-refractivity contribution >= 4 is 22.9 Å². The van der Waals surface area contributed by atoms with Gasteiger partial charge in [-0.05, 0) is 44.4 Å². The Morgan fingerprint density at radius 1 is 1.19 bits per heavy atom. The Bertz CT molecular complexity index is 1430. The number of anilines is 1. The van der Waals surface area contributed by atoms with E-state index < -0.39 is 0 Å². The first-order chi connectivity index (χ1) is 17.5. The minimum absolute atomic E-state index is 0.105. The maximum absolute atomic E-state index is 13.1. The van der Waals surface area contributed by atoms with Crippen LogP contribution in [0.4, 0.5) is 10.5 Å². The number of carbonyl (C=O) groups excluding carboxylic acids is 1. The molecule has 0 aliphatic carbocycles. The molecule has 1 aliphatic heterocycles. The molecule has 36 heavy (non-hydrogen) atoms. The van der Waals surface area contributed by atoms with Crippen molar-refractivity contribution in [3.8, 4) is 5.75 Å². The summed E-state index contributed by atoms with van der Waals surface area (Å²) >= 11 is 0. The van der Waals surface area contributed by atoms with Gasteiger partial charge in [-0.25, -0.2) is 14.5 Å². The topological polar surface area (TPSA) is 118 Å². The van der Waals surface area contributed by atoms with Crippen molar-refractivity contribution in [2.24, 2.45) is 0 Å². The number of aromatic nitrogens is 5. The average Bonchev–Trinajstić information content (AvgIpc) is 3.30. The third-order valence-electron chi connectivity index (χ3n) is 6.37. The van der Waals surface area contributed by atoms with Crippen molar-refractivity contribution in [2.75, 3.05) is 25.0 Å². The number of carbonyl (C=O) groups is 1. The van der Waals surface area contributed by atoms with Gasteiger partial charge in [0.2, 0.25) is 0 Å². The summed E-state index contributed by atoms with van der Waals surface area (Å²) in [6.45, 7) is 5.98. The van der Waals surface area contributed by atoms with E-state index >= 15 is 0 Å². The number of hydrogen-bond donors (Lipinski definition) is 2. The van der Waals surface area contributed by atoms with Gasteiger partial charge in [-0.3, -0.25) is 4.79 Å². The zero-order chi connectivity index (χ0) is 25.1. The molecule has 1 fully saturated rings. The molecular weight excluding hydrogens is 458 g/mol. The van der Waals surface area contributed by atoms with E-state index in [1.54, 1.807) is 9.58 Å². The van der Waals surface area contributed by atoms with E-state index in [1.165, 1.54) is 5.56 Å². The van der Waals surface area contributed by atoms with Gasteiger partial charge in [-0.15, -0.1) is 5.10 Å². The average molecular weight is 488 g/mol. The lowest BCUT2D eigenvalue weighted by molar-refractivity contribution is 0.191. The fourth-order valence-corrected chi connectivity index (χ4v) is 4.48. The molecule has 0 saturated carbocycles. The number of para-hydroxylation sites is 2. The predicted molar refractivity (Wildman–Crippen MR) is 136 cm³/mol. The molecule has 10 heteroatoms. The van der Waals surface area contributed by atoms with Crippen LogP contribution in [0, 0.1) is 6.92 Å². The van der Waals surface area contributed by atoms with Crippen LogP contribution < -0.4 is 15.6 Å². The van der Waals surface area contributed by atoms with E-state index in [-0.39, 0.29) is 23.0 Å². The lowest BCUT2D eigenvalue weighted by Gasteiger charge is -2.32. The third-order valence-corrected chi connectivity index (χ3v) is 6.37. The fraction of sp³-hybridized carbons (Fsp3) is 0.346. The number of aromatic amines is 1. The van der Waals surface area contributed by atoms with E-state index in [0.717, 1.165) is 18.4 Å². The molecule has 1 atom stereocenters. The molecule has 1 saturated heterocycles. The highest BCUT2D eigenvalue weighted by Gasteiger charge is 2.28. The summed E-state index contributed by atoms with van der Waals surface area (Å²) in [4.78, 5) is 35.2. The van der Waals surface area contributed by atoms with Gasteiger partial charge in [0.15, 0.2) is 11.2 Å². The van der Waals surface area contributed by atoms with Crippen LogP contribution in [0.2, 0.25) is 0 Å². The molecule has 4 aromatic rings. The van der Waals surface area contributed by atoms with Crippen LogP contribution in [0.15, 0.2) is 53.3 Å². The van der Waals surface area contributed by atoms with Gasteiger partial charge < -0.3 is 19.9 Å². The number of amides is 2. The minimum Gasteiger partial charge on any atom is -0.492 e. The van der Waals surface area contributed by atoms with E-state index in [4.69, 9.17) is 9.72 Å². The minimum atomic E-state index is -0.322. The van der Waals surface area contributed by atoms with Gasteiger partial charge in [-0.1, -0.05) is 47.2 Å². The van der Waals surface area contributed by atoms with Crippen LogP contribution >= 0.6 is 0 Å². The van der Waals surface area contributed by atoms with Gasteiger partial charge in [0.05, 0.1) is 18.8 Å². The molecule has 5 rings (SSSR count).